The van der Waals surface area contributed by atoms with Crippen LogP contribution >= 0.6 is 0 Å². The molecule has 0 saturated heterocycles. The van der Waals surface area contributed by atoms with Crippen LogP contribution in [0.4, 0.5) is 0 Å². The van der Waals surface area contributed by atoms with E-state index >= 15 is 0 Å². The smallest absolute Gasteiger partial charge is 0.238 e. The number of sulfonamides is 1. The number of aryl methyl sites for hydroxylation is 2. The predicted octanol–water partition coefficient (Wildman–Crippen LogP) is 2.91. The lowest BCUT2D eigenvalue weighted by molar-refractivity contribution is 0.586. The first kappa shape index (κ1) is 16.7. The monoisotopic (exact) mass is 357 g/mol. The second kappa shape index (κ2) is 5.61. The molecule has 1 saturated carbocycles. The molecule has 0 unspecified atom stereocenters. The van der Waals surface area contributed by atoms with E-state index in [2.05, 4.69) is 18.8 Å². The largest absolute Gasteiger partial charge is 0.241 e. The Labute approximate surface area is 148 Å². The molecule has 2 aliphatic rings. The molecule has 1 aromatic heterocycles. The fraction of sp³-hybridized carbons (Fsp3) is 0.474. The van der Waals surface area contributed by atoms with Gasteiger partial charge in [-0.25, -0.2) is 23.5 Å². The van der Waals surface area contributed by atoms with Gasteiger partial charge in [0.15, 0.2) is 0 Å². The molecule has 5 nitrogen and oxygen atoms in total. The zero-order valence-electron chi connectivity index (χ0n) is 14.6. The molecule has 1 fully saturated rings. The molecule has 2 atom stereocenters. The second-order valence-corrected chi connectivity index (χ2v) is 9.36. The summed E-state index contributed by atoms with van der Waals surface area (Å²) >= 11 is 0. The van der Waals surface area contributed by atoms with Crippen molar-refractivity contribution in [3.05, 3.63) is 53.1 Å². The molecule has 0 radical (unpaired) electrons. The van der Waals surface area contributed by atoms with Crippen molar-refractivity contribution in [2.24, 2.45) is 10.6 Å². The average molecular weight is 357 g/mol. The zero-order chi connectivity index (χ0) is 17.8. The molecule has 6 heteroatoms. The molecule has 2 aliphatic carbocycles. The molecule has 0 bridgehead atoms. The van der Waals surface area contributed by atoms with E-state index in [9.17, 15) is 8.42 Å². The molecule has 0 amide bonds. The molecule has 25 heavy (non-hydrogen) atoms. The molecule has 1 heterocycles. The van der Waals surface area contributed by atoms with E-state index in [1.807, 2.05) is 18.3 Å². The van der Waals surface area contributed by atoms with E-state index in [1.165, 1.54) is 24.1 Å². The van der Waals surface area contributed by atoms with Crippen LogP contribution in [0.2, 0.25) is 0 Å². The number of aromatic nitrogens is 2. The summed E-state index contributed by atoms with van der Waals surface area (Å²) < 4.78 is 22.9. The minimum atomic E-state index is -3.65. The molecule has 0 aliphatic heterocycles. The van der Waals surface area contributed by atoms with Crippen molar-refractivity contribution >= 4 is 10.0 Å². The highest BCUT2D eigenvalue weighted by Crippen LogP contribution is 2.69. The average Bonchev–Trinajstić information content (AvgIpc) is 3.16. The molecule has 2 N–H and O–H groups in total. The van der Waals surface area contributed by atoms with Crippen LogP contribution in [0.15, 0.2) is 35.4 Å². The van der Waals surface area contributed by atoms with Gasteiger partial charge in [0.05, 0.1) is 4.90 Å². The number of hydrogen-bond donors (Lipinski definition) is 1. The zero-order valence-corrected chi connectivity index (χ0v) is 15.4. The van der Waals surface area contributed by atoms with Crippen molar-refractivity contribution in [3.63, 3.8) is 0 Å². The van der Waals surface area contributed by atoms with Gasteiger partial charge in [0.2, 0.25) is 10.0 Å². The Kier molecular flexibility index (Phi) is 3.74. The van der Waals surface area contributed by atoms with Crippen LogP contribution in [0.1, 0.15) is 61.2 Å². The van der Waals surface area contributed by atoms with Crippen molar-refractivity contribution in [3.8, 4) is 0 Å². The minimum Gasteiger partial charge on any atom is -0.241 e. The topological polar surface area (TPSA) is 85.9 Å². The lowest BCUT2D eigenvalue weighted by Crippen LogP contribution is -2.11. The van der Waals surface area contributed by atoms with Crippen molar-refractivity contribution in [2.45, 2.75) is 56.3 Å². The Balaban J connectivity index is 1.64. The molecule has 0 spiro atoms. The number of rotatable bonds is 3. The van der Waals surface area contributed by atoms with E-state index < -0.39 is 10.0 Å². The van der Waals surface area contributed by atoms with E-state index in [0.717, 1.165) is 24.2 Å². The van der Waals surface area contributed by atoms with Crippen LogP contribution in [0.5, 0.6) is 0 Å². The lowest BCUT2D eigenvalue weighted by atomic mass is 9.97. The molecule has 2 aromatic rings. The molecule has 132 valence electrons. The van der Waals surface area contributed by atoms with Gasteiger partial charge in [-0.05, 0) is 54.4 Å². The summed E-state index contributed by atoms with van der Waals surface area (Å²) in [5.41, 5.74) is 3.68. The first-order chi connectivity index (χ1) is 11.8. The number of nitrogens with zero attached hydrogens (tertiary/aromatic N) is 2. The quantitative estimate of drug-likeness (QED) is 0.915. The number of benzene rings is 1. The van der Waals surface area contributed by atoms with Gasteiger partial charge in [0, 0.05) is 23.7 Å². The molecular weight excluding hydrogens is 334 g/mol. The van der Waals surface area contributed by atoms with Gasteiger partial charge in [-0.15, -0.1) is 0 Å². The first-order valence-corrected chi connectivity index (χ1v) is 10.3. The molecular formula is C19H23N3O2S. The van der Waals surface area contributed by atoms with Crippen LogP contribution in [-0.2, 0) is 22.9 Å². The minimum absolute atomic E-state index is 0.0615. The Bertz CT molecular complexity index is 920. The van der Waals surface area contributed by atoms with Crippen LogP contribution in [0, 0.1) is 5.41 Å². The van der Waals surface area contributed by atoms with Crippen LogP contribution in [-0.4, -0.2) is 18.4 Å². The number of fused-ring (bicyclic) bond motifs is 1. The Hall–Kier alpha value is -1.79. The van der Waals surface area contributed by atoms with E-state index in [4.69, 9.17) is 10.1 Å². The summed E-state index contributed by atoms with van der Waals surface area (Å²) in [4.78, 5) is 9.68. The Morgan fingerprint density at radius 3 is 2.44 bits per heavy atom. The van der Waals surface area contributed by atoms with Crippen molar-refractivity contribution in [2.75, 3.05) is 0 Å². The van der Waals surface area contributed by atoms with Crippen LogP contribution in [0.3, 0.4) is 0 Å². The standard InChI is InChI=1S/C19H23N3O2S/c1-19(2)16(12-7-9-14(10-8-12)25(20,23)24)17(19)18-21-11-13-5-3-4-6-15(13)22-18/h7-11,16-17H,3-6H2,1-2H3,(H2,20,23,24)/t16-,17+/m1/s1. The van der Waals surface area contributed by atoms with Gasteiger partial charge in [0.1, 0.15) is 5.82 Å². The van der Waals surface area contributed by atoms with E-state index in [1.54, 1.807) is 12.1 Å². The Morgan fingerprint density at radius 2 is 1.76 bits per heavy atom. The van der Waals surface area contributed by atoms with Crippen molar-refractivity contribution in [1.82, 2.24) is 9.97 Å². The third-order valence-corrected chi connectivity index (χ3v) is 6.69. The highest BCUT2D eigenvalue weighted by molar-refractivity contribution is 7.89. The predicted molar refractivity (Wildman–Crippen MR) is 95.8 cm³/mol. The highest BCUT2D eigenvalue weighted by atomic mass is 32.2. The maximum atomic E-state index is 11.4. The maximum absolute atomic E-state index is 11.4. The fourth-order valence-corrected chi connectivity index (χ4v) is 4.76. The lowest BCUT2D eigenvalue weighted by Gasteiger charge is -2.15. The SMILES string of the molecule is CC1(C)[C@H](c2ccc(S(N)(=O)=O)cc2)[C@H]1c1ncc2c(n1)CCCC2. The van der Waals surface area contributed by atoms with Crippen molar-refractivity contribution in [1.29, 1.82) is 0 Å². The van der Waals surface area contributed by atoms with Crippen LogP contribution < -0.4 is 5.14 Å². The Morgan fingerprint density at radius 1 is 1.08 bits per heavy atom. The fourth-order valence-electron chi connectivity index (χ4n) is 4.25. The van der Waals surface area contributed by atoms with Gasteiger partial charge < -0.3 is 0 Å². The molecule has 1 aromatic carbocycles. The van der Waals surface area contributed by atoms with Gasteiger partial charge >= 0.3 is 0 Å². The first-order valence-electron chi connectivity index (χ1n) is 8.76. The summed E-state index contributed by atoms with van der Waals surface area (Å²) in [5, 5.41) is 5.19. The van der Waals surface area contributed by atoms with Gasteiger partial charge in [0.25, 0.3) is 0 Å². The number of nitrogens with two attached hydrogens (primary N) is 1. The second-order valence-electron chi connectivity index (χ2n) is 7.80. The summed E-state index contributed by atoms with van der Waals surface area (Å²) in [5.74, 6) is 1.48. The maximum Gasteiger partial charge on any atom is 0.238 e. The molecule has 4 rings (SSSR count). The highest BCUT2D eigenvalue weighted by Gasteiger charge is 2.60. The number of primary sulfonamides is 1. The summed E-state index contributed by atoms with van der Waals surface area (Å²) in [6, 6.07) is 6.91. The van der Waals surface area contributed by atoms with Gasteiger partial charge in [-0.2, -0.15) is 0 Å². The summed E-state index contributed by atoms with van der Waals surface area (Å²) in [6.45, 7) is 4.44. The van der Waals surface area contributed by atoms with E-state index in [0.29, 0.717) is 5.92 Å². The number of hydrogen-bond acceptors (Lipinski definition) is 4. The third kappa shape index (κ3) is 2.87. The normalized spacial score (nSPS) is 24.6. The van der Waals surface area contributed by atoms with Gasteiger partial charge in [-0.1, -0.05) is 26.0 Å². The van der Waals surface area contributed by atoms with E-state index in [-0.39, 0.29) is 16.2 Å². The van der Waals surface area contributed by atoms with Crippen LogP contribution in [0.25, 0.3) is 0 Å². The summed E-state index contributed by atoms with van der Waals surface area (Å²) in [6.07, 6.45) is 6.57. The van der Waals surface area contributed by atoms with Gasteiger partial charge in [-0.3, -0.25) is 0 Å². The van der Waals surface area contributed by atoms with Crippen molar-refractivity contribution < 1.29 is 8.42 Å². The summed E-state index contributed by atoms with van der Waals surface area (Å²) in [7, 11) is -3.65. The third-order valence-electron chi connectivity index (χ3n) is 5.76.